The number of likely N-dealkylation sites (N-methyl/N-ethyl adjacent to an activating group) is 1. The van der Waals surface area contributed by atoms with Crippen LogP contribution in [0.4, 0.5) is 0 Å². The molecule has 0 saturated carbocycles. The number of esters is 1. The maximum atomic E-state index is 12.6. The van der Waals surface area contributed by atoms with Crippen molar-refractivity contribution in [1.82, 2.24) is 0 Å². The molecule has 0 aromatic rings. The summed E-state index contributed by atoms with van der Waals surface area (Å²) in [5.74, 6) is -0.322. The summed E-state index contributed by atoms with van der Waals surface area (Å²) in [6, 6.07) is 0. The van der Waals surface area contributed by atoms with Crippen LogP contribution in [0.5, 0.6) is 0 Å². The lowest BCUT2D eigenvalue weighted by Crippen LogP contribution is -2.37. The fourth-order valence-corrected chi connectivity index (χ4v) is 6.17. The number of hydrogen-bond donors (Lipinski definition) is 1. The normalized spacial score (nSPS) is 14.0. The molecule has 9 heteroatoms. The Labute approximate surface area is 297 Å². The van der Waals surface area contributed by atoms with Gasteiger partial charge >= 0.3 is 13.8 Å². The number of rotatable bonds is 37. The van der Waals surface area contributed by atoms with Gasteiger partial charge in [-0.25, -0.2) is 4.57 Å². The van der Waals surface area contributed by atoms with Gasteiger partial charge in [0.25, 0.3) is 0 Å². The lowest BCUT2D eigenvalue weighted by Gasteiger charge is -2.24. The number of hydrogen-bond acceptors (Lipinski definition) is 6. The molecule has 0 aromatic carbocycles. The van der Waals surface area contributed by atoms with Gasteiger partial charge in [0.1, 0.15) is 19.3 Å². The van der Waals surface area contributed by atoms with Crippen LogP contribution in [-0.4, -0.2) is 75.6 Å². The Morgan fingerprint density at radius 1 is 0.625 bits per heavy atom. The number of unbranched alkanes of at least 4 members (excludes halogenated alkanes) is 21. The second kappa shape index (κ2) is 33.4. The Balaban J connectivity index is 4.27. The molecule has 286 valence electrons. The van der Waals surface area contributed by atoms with Crippen molar-refractivity contribution in [3.05, 3.63) is 12.2 Å². The van der Waals surface area contributed by atoms with Crippen molar-refractivity contribution in [2.24, 2.45) is 0 Å². The van der Waals surface area contributed by atoms with Gasteiger partial charge in [-0.2, -0.15) is 0 Å². The number of quaternary nitrogens is 1. The Kier molecular flexibility index (Phi) is 32.9. The highest BCUT2D eigenvalue weighted by Crippen LogP contribution is 2.43. The Hall–Kier alpha value is -0.760. The van der Waals surface area contributed by atoms with Crippen LogP contribution in [-0.2, 0) is 27.9 Å². The van der Waals surface area contributed by atoms with Gasteiger partial charge in [0, 0.05) is 13.0 Å². The minimum absolute atomic E-state index is 0.0899. The Morgan fingerprint density at radius 3 is 1.62 bits per heavy atom. The highest BCUT2D eigenvalue weighted by atomic mass is 31.2. The fraction of sp³-hybridized carbons (Fsp3) is 0.923. The average molecular weight is 705 g/mol. The standard InChI is InChI=1S/C39H78NO7P/c1-6-8-10-12-14-16-18-20-21-23-25-27-29-31-34-44-36-38(37-46-48(42,43)45-35-33-40(3,4)5)47-39(41)32-30-28-26-24-22-19-17-15-13-11-9-7-2/h15,17,38H,6-14,16,18-37H2,1-5H3/p+1/b17-15-. The number of ether oxygens (including phenoxy) is 2. The summed E-state index contributed by atoms with van der Waals surface area (Å²) in [4.78, 5) is 22.8. The number of allylic oxidation sites excluding steroid dienone is 2. The topological polar surface area (TPSA) is 91.3 Å². The lowest BCUT2D eigenvalue weighted by atomic mass is 10.0. The van der Waals surface area contributed by atoms with E-state index in [1.807, 2.05) is 21.1 Å². The van der Waals surface area contributed by atoms with E-state index in [4.69, 9.17) is 18.5 Å². The minimum atomic E-state index is -4.26. The van der Waals surface area contributed by atoms with E-state index in [-0.39, 0.29) is 25.8 Å². The number of nitrogens with zero attached hydrogens (tertiary/aromatic N) is 1. The molecule has 0 heterocycles. The third kappa shape index (κ3) is 36.5. The van der Waals surface area contributed by atoms with E-state index in [9.17, 15) is 14.3 Å². The molecule has 48 heavy (non-hydrogen) atoms. The molecule has 0 fully saturated rings. The molecule has 0 aromatic heterocycles. The zero-order valence-corrected chi connectivity index (χ0v) is 33.1. The molecule has 0 saturated heterocycles. The second-order valence-corrected chi connectivity index (χ2v) is 16.1. The van der Waals surface area contributed by atoms with Gasteiger partial charge < -0.3 is 18.9 Å². The first kappa shape index (κ1) is 47.2. The van der Waals surface area contributed by atoms with Crippen LogP contribution in [0.15, 0.2) is 12.2 Å². The van der Waals surface area contributed by atoms with Crippen LogP contribution >= 0.6 is 7.82 Å². The summed E-state index contributed by atoms with van der Waals surface area (Å²) in [5, 5.41) is 0. The predicted molar refractivity (Wildman–Crippen MR) is 201 cm³/mol. The number of phosphoric ester groups is 1. The number of phosphoric acid groups is 1. The third-order valence-corrected chi connectivity index (χ3v) is 9.56. The minimum Gasteiger partial charge on any atom is -0.457 e. The van der Waals surface area contributed by atoms with Gasteiger partial charge in [-0.05, 0) is 38.5 Å². The van der Waals surface area contributed by atoms with E-state index in [1.54, 1.807) is 0 Å². The first-order valence-corrected chi connectivity index (χ1v) is 21.4. The van der Waals surface area contributed by atoms with Crippen LogP contribution in [0.25, 0.3) is 0 Å². The first-order valence-electron chi connectivity index (χ1n) is 19.9. The molecule has 0 bridgehead atoms. The first-order chi connectivity index (χ1) is 23.1. The van der Waals surface area contributed by atoms with Gasteiger partial charge in [-0.3, -0.25) is 13.8 Å². The van der Waals surface area contributed by atoms with Crippen molar-refractivity contribution < 1.29 is 37.3 Å². The smallest absolute Gasteiger partial charge is 0.457 e. The van der Waals surface area contributed by atoms with E-state index in [0.717, 1.165) is 44.9 Å². The van der Waals surface area contributed by atoms with Crippen LogP contribution in [0, 0.1) is 0 Å². The molecule has 8 nitrogen and oxygen atoms in total. The van der Waals surface area contributed by atoms with Gasteiger partial charge in [-0.15, -0.1) is 0 Å². The second-order valence-electron chi connectivity index (χ2n) is 14.7. The summed E-state index contributed by atoms with van der Waals surface area (Å²) in [6.45, 7) is 5.61. The van der Waals surface area contributed by atoms with Crippen molar-refractivity contribution in [3.8, 4) is 0 Å². The van der Waals surface area contributed by atoms with Gasteiger partial charge in [-0.1, -0.05) is 142 Å². The molecule has 0 aliphatic carbocycles. The quantitative estimate of drug-likeness (QED) is 0.0226. The molecular formula is C39H79NO7P+. The molecule has 0 spiro atoms. The monoisotopic (exact) mass is 705 g/mol. The molecule has 0 rings (SSSR count). The van der Waals surface area contributed by atoms with E-state index in [1.165, 1.54) is 109 Å². The fourth-order valence-electron chi connectivity index (χ4n) is 5.43. The van der Waals surface area contributed by atoms with Crippen LogP contribution in [0.1, 0.15) is 174 Å². The van der Waals surface area contributed by atoms with Crippen molar-refractivity contribution in [1.29, 1.82) is 0 Å². The molecule has 1 N–H and O–H groups in total. The summed E-state index contributed by atoms with van der Waals surface area (Å²) in [6.07, 6.45) is 33.7. The van der Waals surface area contributed by atoms with Gasteiger partial charge in [0.05, 0.1) is 34.4 Å². The molecule has 0 aliphatic heterocycles. The third-order valence-electron chi connectivity index (χ3n) is 8.58. The number of carbonyl (C=O) groups is 1. The Morgan fingerprint density at radius 2 is 1.08 bits per heavy atom. The Bertz CT molecular complexity index is 787. The van der Waals surface area contributed by atoms with Crippen molar-refractivity contribution in [2.75, 3.05) is 54.1 Å². The molecule has 0 radical (unpaired) electrons. The SMILES string of the molecule is CCCCC/C=C\CCCCCCCC(=O)OC(COCCCCCCCCCCCCCCCC)COP(=O)(O)OCC[N+](C)(C)C. The van der Waals surface area contributed by atoms with Crippen molar-refractivity contribution in [3.63, 3.8) is 0 Å². The molecule has 2 unspecified atom stereocenters. The van der Waals surface area contributed by atoms with E-state index in [0.29, 0.717) is 24.1 Å². The van der Waals surface area contributed by atoms with Gasteiger partial charge in [0.2, 0.25) is 0 Å². The maximum absolute atomic E-state index is 12.6. The highest BCUT2D eigenvalue weighted by molar-refractivity contribution is 7.47. The lowest BCUT2D eigenvalue weighted by molar-refractivity contribution is -0.870. The van der Waals surface area contributed by atoms with Crippen molar-refractivity contribution in [2.45, 2.75) is 180 Å². The zero-order valence-electron chi connectivity index (χ0n) is 32.2. The summed E-state index contributed by atoms with van der Waals surface area (Å²) >= 11 is 0. The summed E-state index contributed by atoms with van der Waals surface area (Å²) in [7, 11) is 1.67. The molecule has 0 amide bonds. The highest BCUT2D eigenvalue weighted by Gasteiger charge is 2.26. The van der Waals surface area contributed by atoms with Crippen LogP contribution in [0.3, 0.4) is 0 Å². The van der Waals surface area contributed by atoms with E-state index in [2.05, 4.69) is 26.0 Å². The number of carbonyl (C=O) groups excluding carboxylic acids is 1. The summed E-state index contributed by atoms with van der Waals surface area (Å²) in [5.41, 5.74) is 0. The zero-order chi connectivity index (χ0) is 35.6. The molecule has 2 atom stereocenters. The van der Waals surface area contributed by atoms with Crippen LogP contribution < -0.4 is 0 Å². The van der Waals surface area contributed by atoms with Crippen molar-refractivity contribution >= 4 is 13.8 Å². The van der Waals surface area contributed by atoms with Gasteiger partial charge in [0.15, 0.2) is 0 Å². The van der Waals surface area contributed by atoms with E-state index < -0.39 is 13.9 Å². The molecule has 0 aliphatic rings. The largest absolute Gasteiger partial charge is 0.472 e. The predicted octanol–water partition coefficient (Wildman–Crippen LogP) is 11.1. The average Bonchev–Trinajstić information content (AvgIpc) is 3.03. The van der Waals surface area contributed by atoms with E-state index >= 15 is 0 Å². The van der Waals surface area contributed by atoms with Crippen LogP contribution in [0.2, 0.25) is 0 Å². The maximum Gasteiger partial charge on any atom is 0.472 e. The molecular weight excluding hydrogens is 625 g/mol. The summed E-state index contributed by atoms with van der Waals surface area (Å²) < 4.78 is 34.9.